The molecule has 104 valence electrons. The van der Waals surface area contributed by atoms with Crippen LogP contribution >= 0.6 is 0 Å². The average Bonchev–Trinajstić information content (AvgIpc) is 2.78. The molecule has 0 aliphatic carbocycles. The molecule has 0 unspecified atom stereocenters. The van der Waals surface area contributed by atoms with E-state index >= 15 is 0 Å². The van der Waals surface area contributed by atoms with Crippen LogP contribution in [0.4, 0.5) is 0 Å². The summed E-state index contributed by atoms with van der Waals surface area (Å²) in [7, 11) is 0. The number of fused-ring (bicyclic) bond motifs is 1. The number of hydrogen-bond acceptors (Lipinski definition) is 2. The molecule has 1 aromatic carbocycles. The normalized spacial score (nSPS) is 11.3. The lowest BCUT2D eigenvalue weighted by Crippen LogP contribution is -2.14. The Morgan fingerprint density at radius 2 is 1.95 bits per heavy atom. The molecule has 0 spiro atoms. The van der Waals surface area contributed by atoms with E-state index in [0.717, 1.165) is 50.1 Å². The Balaban J connectivity index is 2.40. The van der Waals surface area contributed by atoms with Gasteiger partial charge in [0.05, 0.1) is 6.54 Å². The van der Waals surface area contributed by atoms with E-state index in [9.17, 15) is 0 Å². The zero-order chi connectivity index (χ0) is 13.7. The van der Waals surface area contributed by atoms with Crippen LogP contribution < -0.4 is 5.32 Å². The van der Waals surface area contributed by atoms with Crippen LogP contribution in [0.25, 0.3) is 11.0 Å². The molecule has 0 bridgehead atoms. The van der Waals surface area contributed by atoms with E-state index in [2.05, 4.69) is 44.3 Å². The third-order valence-corrected chi connectivity index (χ3v) is 3.58. The molecule has 2 nitrogen and oxygen atoms in total. The Morgan fingerprint density at radius 1 is 1.11 bits per heavy atom. The first kappa shape index (κ1) is 14.1. The fourth-order valence-electron chi connectivity index (χ4n) is 2.60. The van der Waals surface area contributed by atoms with Gasteiger partial charge in [-0.1, -0.05) is 45.4 Å². The Morgan fingerprint density at radius 3 is 2.63 bits per heavy atom. The van der Waals surface area contributed by atoms with Crippen LogP contribution in [-0.4, -0.2) is 6.54 Å². The van der Waals surface area contributed by atoms with Gasteiger partial charge in [-0.2, -0.15) is 0 Å². The maximum atomic E-state index is 6.16. The largest absolute Gasteiger partial charge is 0.459 e. The topological polar surface area (TPSA) is 25.2 Å². The molecule has 2 heteroatoms. The fraction of sp³-hybridized carbons (Fsp3) is 0.529. The maximum Gasteiger partial charge on any atom is 0.137 e. The molecule has 0 saturated heterocycles. The summed E-state index contributed by atoms with van der Waals surface area (Å²) in [5, 5.41) is 4.77. The van der Waals surface area contributed by atoms with Crippen molar-refractivity contribution in [3.05, 3.63) is 35.1 Å². The summed E-state index contributed by atoms with van der Waals surface area (Å²) >= 11 is 0. The van der Waals surface area contributed by atoms with Crippen LogP contribution in [-0.2, 0) is 19.4 Å². The Kier molecular flexibility index (Phi) is 5.03. The average molecular weight is 259 g/mol. The minimum absolute atomic E-state index is 0.848. The van der Waals surface area contributed by atoms with Gasteiger partial charge in [-0.05, 0) is 31.4 Å². The van der Waals surface area contributed by atoms with E-state index in [1.165, 1.54) is 16.5 Å². The van der Waals surface area contributed by atoms with Gasteiger partial charge >= 0.3 is 0 Å². The molecule has 19 heavy (non-hydrogen) atoms. The van der Waals surface area contributed by atoms with Crippen LogP contribution in [0.5, 0.6) is 0 Å². The molecular formula is C17H25NO. The third kappa shape index (κ3) is 3.01. The molecule has 0 radical (unpaired) electrons. The zero-order valence-corrected chi connectivity index (χ0v) is 12.4. The standard InChI is InChI=1S/C17H25NO/c1-4-8-14-15-10-7-9-13(6-3)17(15)19-16(14)12-18-11-5-2/h7,9-10,18H,4-6,8,11-12H2,1-3H3. The van der Waals surface area contributed by atoms with Gasteiger partial charge in [0.25, 0.3) is 0 Å². The van der Waals surface area contributed by atoms with Crippen molar-refractivity contribution in [2.24, 2.45) is 0 Å². The quantitative estimate of drug-likeness (QED) is 0.743. The van der Waals surface area contributed by atoms with Crippen molar-refractivity contribution in [3.8, 4) is 0 Å². The summed E-state index contributed by atoms with van der Waals surface area (Å²) in [4.78, 5) is 0. The first-order valence-corrected chi connectivity index (χ1v) is 7.54. The molecule has 1 N–H and O–H groups in total. The van der Waals surface area contributed by atoms with Gasteiger partial charge in [0, 0.05) is 10.9 Å². The summed E-state index contributed by atoms with van der Waals surface area (Å²) in [5.41, 5.74) is 3.81. The maximum absolute atomic E-state index is 6.16. The van der Waals surface area contributed by atoms with Crippen molar-refractivity contribution in [2.45, 2.75) is 53.0 Å². The molecular weight excluding hydrogens is 234 g/mol. The molecule has 1 heterocycles. The highest BCUT2D eigenvalue weighted by Gasteiger charge is 2.14. The second-order valence-corrected chi connectivity index (χ2v) is 5.08. The summed E-state index contributed by atoms with van der Waals surface area (Å²) < 4.78 is 6.16. The molecule has 2 rings (SSSR count). The molecule has 0 amide bonds. The van der Waals surface area contributed by atoms with Gasteiger partial charge in [0.1, 0.15) is 11.3 Å². The molecule has 0 aliphatic rings. The van der Waals surface area contributed by atoms with Gasteiger partial charge in [-0.15, -0.1) is 0 Å². The van der Waals surface area contributed by atoms with Gasteiger partial charge in [-0.3, -0.25) is 0 Å². The molecule has 0 saturated carbocycles. The first-order valence-electron chi connectivity index (χ1n) is 7.54. The Bertz CT molecular complexity index is 527. The smallest absolute Gasteiger partial charge is 0.137 e. The second-order valence-electron chi connectivity index (χ2n) is 5.08. The van der Waals surface area contributed by atoms with E-state index in [1.807, 2.05) is 0 Å². The summed E-state index contributed by atoms with van der Waals surface area (Å²) in [5.74, 6) is 1.13. The van der Waals surface area contributed by atoms with Crippen LogP contribution in [0.3, 0.4) is 0 Å². The lowest BCUT2D eigenvalue weighted by atomic mass is 10.0. The highest BCUT2D eigenvalue weighted by atomic mass is 16.3. The van der Waals surface area contributed by atoms with Crippen molar-refractivity contribution in [3.63, 3.8) is 0 Å². The van der Waals surface area contributed by atoms with E-state index in [1.54, 1.807) is 0 Å². The monoisotopic (exact) mass is 259 g/mol. The molecule has 0 atom stereocenters. The number of furan rings is 1. The van der Waals surface area contributed by atoms with Crippen molar-refractivity contribution >= 4 is 11.0 Å². The summed E-state index contributed by atoms with van der Waals surface area (Å²) in [6.45, 7) is 8.50. The lowest BCUT2D eigenvalue weighted by Gasteiger charge is -2.03. The third-order valence-electron chi connectivity index (χ3n) is 3.58. The second kappa shape index (κ2) is 6.76. The van der Waals surface area contributed by atoms with Crippen molar-refractivity contribution in [1.29, 1.82) is 0 Å². The number of rotatable bonds is 7. The van der Waals surface area contributed by atoms with Crippen LogP contribution in [0.15, 0.2) is 22.6 Å². The first-order chi connectivity index (χ1) is 9.31. The highest BCUT2D eigenvalue weighted by Crippen LogP contribution is 2.30. The predicted octanol–water partition coefficient (Wildman–Crippen LogP) is 4.45. The number of hydrogen-bond donors (Lipinski definition) is 1. The van der Waals surface area contributed by atoms with Gasteiger partial charge < -0.3 is 9.73 Å². The molecule has 0 fully saturated rings. The number of benzene rings is 1. The number of para-hydroxylation sites is 1. The van der Waals surface area contributed by atoms with E-state index < -0.39 is 0 Å². The molecule has 1 aromatic heterocycles. The van der Waals surface area contributed by atoms with E-state index in [-0.39, 0.29) is 0 Å². The van der Waals surface area contributed by atoms with Gasteiger partial charge in [-0.25, -0.2) is 0 Å². The minimum atomic E-state index is 0.848. The van der Waals surface area contributed by atoms with Crippen LogP contribution in [0.1, 0.15) is 50.5 Å². The fourth-order valence-corrected chi connectivity index (χ4v) is 2.60. The summed E-state index contributed by atoms with van der Waals surface area (Å²) in [6.07, 6.45) is 4.44. The summed E-state index contributed by atoms with van der Waals surface area (Å²) in [6, 6.07) is 6.52. The van der Waals surface area contributed by atoms with Gasteiger partial charge in [0.15, 0.2) is 0 Å². The zero-order valence-electron chi connectivity index (χ0n) is 12.4. The van der Waals surface area contributed by atoms with E-state index in [4.69, 9.17) is 4.42 Å². The van der Waals surface area contributed by atoms with E-state index in [0.29, 0.717) is 0 Å². The highest BCUT2D eigenvalue weighted by molar-refractivity contribution is 5.85. The number of nitrogens with one attached hydrogen (secondary N) is 1. The predicted molar refractivity (Wildman–Crippen MR) is 81.6 cm³/mol. The minimum Gasteiger partial charge on any atom is -0.459 e. The Labute approximate surface area is 116 Å². The van der Waals surface area contributed by atoms with Crippen molar-refractivity contribution < 1.29 is 4.42 Å². The SMILES string of the molecule is CCCNCc1oc2c(CC)cccc2c1CCC. The van der Waals surface area contributed by atoms with Crippen LogP contribution in [0, 0.1) is 0 Å². The lowest BCUT2D eigenvalue weighted by molar-refractivity contribution is 0.505. The van der Waals surface area contributed by atoms with Crippen molar-refractivity contribution in [2.75, 3.05) is 6.54 Å². The molecule has 0 aliphatic heterocycles. The number of aryl methyl sites for hydroxylation is 2. The Hall–Kier alpha value is -1.28. The van der Waals surface area contributed by atoms with Gasteiger partial charge in [0.2, 0.25) is 0 Å². The van der Waals surface area contributed by atoms with Crippen LogP contribution in [0.2, 0.25) is 0 Å². The molecule has 2 aromatic rings. The van der Waals surface area contributed by atoms with Crippen molar-refractivity contribution in [1.82, 2.24) is 5.32 Å².